The molecule has 4 rings (SSSR count). The van der Waals surface area contributed by atoms with Crippen molar-refractivity contribution in [2.75, 3.05) is 36.1 Å². The van der Waals surface area contributed by atoms with Gasteiger partial charge in [-0.3, -0.25) is 4.98 Å². The summed E-state index contributed by atoms with van der Waals surface area (Å²) in [5.74, 6) is 2.15. The molecule has 0 aliphatic heterocycles. The molecule has 164 valence electrons. The number of benzene rings is 2. The minimum atomic E-state index is 0.593. The number of rotatable bonds is 9. The number of hydrogen-bond acceptors (Lipinski definition) is 7. The van der Waals surface area contributed by atoms with E-state index in [0.29, 0.717) is 12.5 Å². The zero-order chi connectivity index (χ0) is 22.3. The lowest BCUT2D eigenvalue weighted by Crippen LogP contribution is -2.16. The Morgan fingerprint density at radius 1 is 0.906 bits per heavy atom. The average Bonchev–Trinajstić information content (AvgIpc) is 2.81. The van der Waals surface area contributed by atoms with Gasteiger partial charge >= 0.3 is 0 Å². The van der Waals surface area contributed by atoms with Crippen LogP contribution in [-0.4, -0.2) is 35.2 Å². The van der Waals surface area contributed by atoms with Crippen LogP contribution in [0, 0.1) is 6.92 Å². The van der Waals surface area contributed by atoms with E-state index >= 15 is 0 Å². The summed E-state index contributed by atoms with van der Waals surface area (Å²) in [6.07, 6.45) is 2.85. The first-order valence-corrected chi connectivity index (χ1v) is 10.8. The predicted octanol–water partition coefficient (Wildman–Crippen LogP) is 5.17. The third-order valence-electron chi connectivity index (χ3n) is 5.16. The lowest BCUT2D eigenvalue weighted by atomic mass is 10.1. The Morgan fingerprint density at radius 2 is 1.72 bits per heavy atom. The van der Waals surface area contributed by atoms with Crippen molar-refractivity contribution in [3.8, 4) is 5.75 Å². The summed E-state index contributed by atoms with van der Waals surface area (Å²) in [6.45, 7) is 5.52. The van der Waals surface area contributed by atoms with Crippen LogP contribution in [0.1, 0.15) is 18.2 Å². The lowest BCUT2D eigenvalue weighted by Gasteiger charge is -2.12. The van der Waals surface area contributed by atoms with Crippen LogP contribution in [0.3, 0.4) is 0 Å². The second-order valence-electron chi connectivity index (χ2n) is 7.49. The fourth-order valence-corrected chi connectivity index (χ4v) is 3.47. The van der Waals surface area contributed by atoms with E-state index in [-0.39, 0.29) is 0 Å². The number of anilines is 4. The van der Waals surface area contributed by atoms with Crippen molar-refractivity contribution in [1.82, 2.24) is 15.0 Å². The fourth-order valence-electron chi connectivity index (χ4n) is 3.47. The minimum absolute atomic E-state index is 0.593. The van der Waals surface area contributed by atoms with Crippen LogP contribution in [0.5, 0.6) is 5.75 Å². The highest BCUT2D eigenvalue weighted by Crippen LogP contribution is 2.23. The highest BCUT2D eigenvalue weighted by Gasteiger charge is 2.05. The molecule has 0 fully saturated rings. The van der Waals surface area contributed by atoms with Gasteiger partial charge in [-0.25, -0.2) is 4.98 Å². The second kappa shape index (κ2) is 9.96. The van der Waals surface area contributed by atoms with Crippen molar-refractivity contribution in [3.63, 3.8) is 0 Å². The molecule has 0 saturated carbocycles. The summed E-state index contributed by atoms with van der Waals surface area (Å²) in [6, 6.07) is 18.1. The molecule has 0 bridgehead atoms. The van der Waals surface area contributed by atoms with E-state index in [4.69, 9.17) is 4.74 Å². The number of nitrogens with one attached hydrogen (secondary N) is 3. The summed E-state index contributed by atoms with van der Waals surface area (Å²) in [5.41, 5.74) is 5.20. The molecule has 3 N–H and O–H groups in total. The molecular weight excluding hydrogens is 400 g/mol. The van der Waals surface area contributed by atoms with Crippen molar-refractivity contribution in [1.29, 1.82) is 0 Å². The molecule has 4 aromatic rings. The largest absolute Gasteiger partial charge is 0.497 e. The van der Waals surface area contributed by atoms with E-state index in [0.717, 1.165) is 52.5 Å². The van der Waals surface area contributed by atoms with Crippen LogP contribution in [0.2, 0.25) is 0 Å². The quantitative estimate of drug-likeness (QED) is 0.317. The Balaban J connectivity index is 1.36. The van der Waals surface area contributed by atoms with Gasteiger partial charge in [0.25, 0.3) is 0 Å². The molecule has 0 amide bonds. The topological polar surface area (TPSA) is 84.0 Å². The van der Waals surface area contributed by atoms with Gasteiger partial charge < -0.3 is 20.7 Å². The molecular formula is C25H28N6O. The third-order valence-corrected chi connectivity index (χ3v) is 5.16. The standard InChI is InChI=1S/C25H28N6O/c1-4-18-5-10-21-22(11-12-26-23(21)16-18)27-13-14-28-25-29-17(2)15-24(31-25)30-19-6-8-20(32-3)9-7-19/h5-12,15-16H,4,13-14H2,1-3H3,(H,26,27)(H2,28,29,30,31). The average molecular weight is 429 g/mol. The van der Waals surface area contributed by atoms with Gasteiger partial charge in [0.1, 0.15) is 11.6 Å². The molecule has 0 atom stereocenters. The van der Waals surface area contributed by atoms with E-state index in [1.165, 1.54) is 5.56 Å². The molecule has 0 aliphatic rings. The molecule has 2 aromatic heterocycles. The van der Waals surface area contributed by atoms with E-state index < -0.39 is 0 Å². The number of nitrogens with zero attached hydrogens (tertiary/aromatic N) is 3. The van der Waals surface area contributed by atoms with Crippen LogP contribution < -0.4 is 20.7 Å². The first-order chi connectivity index (χ1) is 15.6. The number of ether oxygens (including phenoxy) is 1. The van der Waals surface area contributed by atoms with E-state index in [9.17, 15) is 0 Å². The van der Waals surface area contributed by atoms with Crippen LogP contribution in [0.4, 0.5) is 23.1 Å². The zero-order valence-corrected chi connectivity index (χ0v) is 18.6. The molecule has 7 heteroatoms. The van der Waals surface area contributed by atoms with Gasteiger partial charge in [-0.2, -0.15) is 4.98 Å². The normalized spacial score (nSPS) is 10.7. The summed E-state index contributed by atoms with van der Waals surface area (Å²) in [7, 11) is 1.66. The number of aryl methyl sites for hydroxylation is 2. The van der Waals surface area contributed by atoms with Crippen molar-refractivity contribution in [2.24, 2.45) is 0 Å². The molecule has 0 aliphatic carbocycles. The molecule has 0 spiro atoms. The van der Waals surface area contributed by atoms with E-state index in [2.05, 4.69) is 56.0 Å². The molecule has 32 heavy (non-hydrogen) atoms. The molecule has 2 aromatic carbocycles. The maximum atomic E-state index is 5.21. The summed E-state index contributed by atoms with van der Waals surface area (Å²) in [5, 5.41) is 11.2. The molecule has 0 unspecified atom stereocenters. The predicted molar refractivity (Wildman–Crippen MR) is 131 cm³/mol. The first kappa shape index (κ1) is 21.4. The van der Waals surface area contributed by atoms with Gasteiger partial charge in [-0.15, -0.1) is 0 Å². The third kappa shape index (κ3) is 5.24. The lowest BCUT2D eigenvalue weighted by molar-refractivity contribution is 0.415. The van der Waals surface area contributed by atoms with Gasteiger partial charge in [0.15, 0.2) is 0 Å². The Labute approximate surface area is 188 Å². The molecule has 0 saturated heterocycles. The van der Waals surface area contributed by atoms with E-state index in [1.54, 1.807) is 7.11 Å². The smallest absolute Gasteiger partial charge is 0.224 e. The van der Waals surface area contributed by atoms with Crippen LogP contribution in [0.15, 0.2) is 60.8 Å². The molecule has 7 nitrogen and oxygen atoms in total. The number of aromatic nitrogens is 3. The highest BCUT2D eigenvalue weighted by atomic mass is 16.5. The first-order valence-electron chi connectivity index (χ1n) is 10.8. The summed E-state index contributed by atoms with van der Waals surface area (Å²) in [4.78, 5) is 13.6. The second-order valence-corrected chi connectivity index (χ2v) is 7.49. The zero-order valence-electron chi connectivity index (χ0n) is 18.6. The van der Waals surface area contributed by atoms with Crippen LogP contribution in [0.25, 0.3) is 10.9 Å². The maximum absolute atomic E-state index is 5.21. The summed E-state index contributed by atoms with van der Waals surface area (Å²) < 4.78 is 5.21. The molecule has 2 heterocycles. The van der Waals surface area contributed by atoms with Crippen molar-refractivity contribution in [2.45, 2.75) is 20.3 Å². The van der Waals surface area contributed by atoms with Gasteiger partial charge in [0.2, 0.25) is 5.95 Å². The fraction of sp³-hybridized carbons (Fsp3) is 0.240. The Hall–Kier alpha value is -3.87. The minimum Gasteiger partial charge on any atom is -0.497 e. The van der Waals surface area contributed by atoms with Crippen LogP contribution in [-0.2, 0) is 6.42 Å². The highest BCUT2D eigenvalue weighted by molar-refractivity contribution is 5.91. The SMILES string of the molecule is CCc1ccc2c(NCCNc3nc(C)cc(Nc4ccc(OC)cc4)n3)ccnc2c1. The van der Waals surface area contributed by atoms with E-state index in [1.807, 2.05) is 49.5 Å². The monoisotopic (exact) mass is 428 g/mol. The summed E-state index contributed by atoms with van der Waals surface area (Å²) >= 11 is 0. The van der Waals surface area contributed by atoms with Crippen LogP contribution >= 0.6 is 0 Å². The van der Waals surface area contributed by atoms with Crippen molar-refractivity contribution < 1.29 is 4.74 Å². The molecule has 0 radical (unpaired) electrons. The number of fused-ring (bicyclic) bond motifs is 1. The van der Waals surface area contributed by atoms with Crippen molar-refractivity contribution in [3.05, 3.63) is 72.1 Å². The Bertz CT molecular complexity index is 1190. The number of hydrogen-bond donors (Lipinski definition) is 3. The van der Waals surface area contributed by atoms with Gasteiger partial charge in [0.05, 0.1) is 12.6 Å². The van der Waals surface area contributed by atoms with Crippen molar-refractivity contribution >= 4 is 34.0 Å². The van der Waals surface area contributed by atoms with Gasteiger partial charge in [0, 0.05) is 47.8 Å². The Morgan fingerprint density at radius 3 is 2.50 bits per heavy atom. The van der Waals surface area contributed by atoms with Gasteiger partial charge in [-0.05, 0) is 55.3 Å². The number of methoxy groups -OCH3 is 1. The Kier molecular flexibility index (Phi) is 6.65. The maximum Gasteiger partial charge on any atom is 0.224 e. The van der Waals surface area contributed by atoms with Gasteiger partial charge in [-0.1, -0.05) is 19.1 Å². The number of pyridine rings is 1.